The summed E-state index contributed by atoms with van der Waals surface area (Å²) in [5, 5.41) is 15.3. The highest BCUT2D eigenvalue weighted by molar-refractivity contribution is 7.17. The van der Waals surface area contributed by atoms with Crippen molar-refractivity contribution >= 4 is 16.3 Å². The molecule has 0 amide bonds. The zero-order valence-electron chi connectivity index (χ0n) is 17.1. The number of quaternary nitrogens is 1. The van der Waals surface area contributed by atoms with Gasteiger partial charge in [-0.2, -0.15) is 4.52 Å². The van der Waals surface area contributed by atoms with Crippen LogP contribution in [0, 0.1) is 6.92 Å². The second-order valence-electron chi connectivity index (χ2n) is 8.22. The molecule has 0 spiro atoms. The third kappa shape index (κ3) is 3.54. The van der Waals surface area contributed by atoms with Crippen LogP contribution in [-0.4, -0.2) is 45.0 Å². The van der Waals surface area contributed by atoms with Crippen LogP contribution in [0.5, 0.6) is 5.88 Å². The van der Waals surface area contributed by atoms with Gasteiger partial charge in [-0.05, 0) is 32.3 Å². The van der Waals surface area contributed by atoms with Crippen LogP contribution in [0.15, 0.2) is 24.3 Å². The van der Waals surface area contributed by atoms with Crippen molar-refractivity contribution in [2.75, 3.05) is 13.1 Å². The summed E-state index contributed by atoms with van der Waals surface area (Å²) in [6.45, 7) is 12.3. The van der Waals surface area contributed by atoms with E-state index in [2.05, 4.69) is 62.0 Å². The third-order valence-corrected chi connectivity index (χ3v) is 6.56. The lowest BCUT2D eigenvalue weighted by Gasteiger charge is -2.37. The molecule has 1 aromatic carbocycles. The Hall–Kier alpha value is -1.96. The highest BCUT2D eigenvalue weighted by Crippen LogP contribution is 2.35. The summed E-state index contributed by atoms with van der Waals surface area (Å²) in [6.07, 6.45) is 0.366. The van der Waals surface area contributed by atoms with E-state index >= 15 is 0 Å². The van der Waals surface area contributed by atoms with Gasteiger partial charge in [0.15, 0.2) is 6.04 Å². The molecule has 7 heteroatoms. The van der Waals surface area contributed by atoms with E-state index in [0.29, 0.717) is 11.7 Å². The maximum absolute atomic E-state index is 11.0. The monoisotopic (exact) mass is 401 g/mol. The number of aryl methyl sites for hydroxylation is 1. The summed E-state index contributed by atoms with van der Waals surface area (Å²) in [5.74, 6) is 1.37. The zero-order valence-corrected chi connectivity index (χ0v) is 18.0. The summed E-state index contributed by atoms with van der Waals surface area (Å²) in [5.41, 5.74) is 2.53. The van der Waals surface area contributed by atoms with Crippen LogP contribution in [0.2, 0.25) is 0 Å². The summed E-state index contributed by atoms with van der Waals surface area (Å²) in [4.78, 5) is 7.52. The standard InChI is InChI=1S/C21H28N4O2S/c1-12(2)16-6-8-17(9-7-16)18(24-10-13(3)27-14(4)11-24)19-20(26)25-21(28-19)22-15(5)23-25/h6-9,12-14,18,26H,10-11H2,1-5H3/p+1/t13-,14+,18-/m1/s1. The first-order valence-electron chi connectivity index (χ1n) is 9.98. The average Bonchev–Trinajstić information content (AvgIpc) is 3.13. The van der Waals surface area contributed by atoms with Crippen LogP contribution in [0.1, 0.15) is 61.5 Å². The third-order valence-electron chi connectivity index (χ3n) is 5.48. The summed E-state index contributed by atoms with van der Waals surface area (Å²) >= 11 is 1.53. The van der Waals surface area contributed by atoms with Gasteiger partial charge < -0.3 is 14.7 Å². The van der Waals surface area contributed by atoms with E-state index in [4.69, 9.17) is 4.74 Å². The number of rotatable bonds is 4. The Balaban J connectivity index is 1.80. The molecule has 1 fully saturated rings. The minimum Gasteiger partial charge on any atom is -0.492 e. The summed E-state index contributed by atoms with van der Waals surface area (Å²) in [6, 6.07) is 8.86. The molecule has 2 N–H and O–H groups in total. The van der Waals surface area contributed by atoms with E-state index in [-0.39, 0.29) is 24.1 Å². The maximum atomic E-state index is 11.0. The fourth-order valence-corrected chi connectivity index (χ4v) is 5.42. The second-order valence-corrected chi connectivity index (χ2v) is 9.23. The van der Waals surface area contributed by atoms with Crippen LogP contribution in [0.25, 0.3) is 4.96 Å². The number of nitrogens with one attached hydrogen (secondary N) is 1. The van der Waals surface area contributed by atoms with Gasteiger partial charge in [0, 0.05) is 5.56 Å². The van der Waals surface area contributed by atoms with E-state index in [1.165, 1.54) is 27.4 Å². The second kappa shape index (κ2) is 7.46. The molecule has 0 aliphatic carbocycles. The Kier molecular flexibility index (Phi) is 5.16. The topological polar surface area (TPSA) is 64.1 Å². The molecule has 3 aromatic rings. The zero-order chi connectivity index (χ0) is 20.0. The molecule has 150 valence electrons. The molecule has 28 heavy (non-hydrogen) atoms. The number of ether oxygens (including phenoxy) is 1. The molecule has 1 saturated heterocycles. The molecule has 6 nitrogen and oxygen atoms in total. The number of fused-ring (bicyclic) bond motifs is 1. The van der Waals surface area contributed by atoms with E-state index < -0.39 is 0 Å². The molecule has 3 heterocycles. The van der Waals surface area contributed by atoms with Gasteiger partial charge in [0.1, 0.15) is 36.0 Å². The molecule has 4 atom stereocenters. The van der Waals surface area contributed by atoms with E-state index in [1.807, 2.05) is 6.92 Å². The minimum atomic E-state index is 0.0313. The molecule has 1 unspecified atom stereocenters. The predicted molar refractivity (Wildman–Crippen MR) is 110 cm³/mol. The van der Waals surface area contributed by atoms with E-state index in [0.717, 1.165) is 22.9 Å². The van der Waals surface area contributed by atoms with Crippen LogP contribution in [0.4, 0.5) is 0 Å². The first kappa shape index (κ1) is 19.4. The molecule has 0 bridgehead atoms. The van der Waals surface area contributed by atoms with Crippen molar-refractivity contribution in [1.29, 1.82) is 0 Å². The Labute approximate surface area is 169 Å². The van der Waals surface area contributed by atoms with Crippen LogP contribution >= 0.6 is 11.3 Å². The predicted octanol–water partition coefficient (Wildman–Crippen LogP) is 2.71. The van der Waals surface area contributed by atoms with Crippen LogP contribution < -0.4 is 4.90 Å². The largest absolute Gasteiger partial charge is 0.492 e. The smallest absolute Gasteiger partial charge is 0.235 e. The van der Waals surface area contributed by atoms with E-state index in [9.17, 15) is 5.11 Å². The number of aromatic hydroxyl groups is 1. The Morgan fingerprint density at radius 3 is 2.32 bits per heavy atom. The number of benzene rings is 1. The van der Waals surface area contributed by atoms with Gasteiger partial charge >= 0.3 is 0 Å². The van der Waals surface area contributed by atoms with Gasteiger partial charge in [-0.1, -0.05) is 49.4 Å². The molecular weight excluding hydrogens is 372 g/mol. The average molecular weight is 402 g/mol. The quantitative estimate of drug-likeness (QED) is 0.706. The number of hydrogen-bond acceptors (Lipinski definition) is 5. The molecular formula is C21H29N4O2S+. The molecule has 0 saturated carbocycles. The fraction of sp³-hybridized carbons (Fsp3) is 0.524. The number of morpholine rings is 1. The van der Waals surface area contributed by atoms with Crippen molar-refractivity contribution in [2.24, 2.45) is 0 Å². The summed E-state index contributed by atoms with van der Waals surface area (Å²) < 4.78 is 7.54. The summed E-state index contributed by atoms with van der Waals surface area (Å²) in [7, 11) is 0. The fourth-order valence-electron chi connectivity index (χ4n) is 4.23. The SMILES string of the molecule is Cc1nc2sc([C@@H](c3ccc(C(C)C)cc3)[NH+]3C[C@@H](C)O[C@@H](C)C3)c(O)n2n1. The van der Waals surface area contributed by atoms with Crippen molar-refractivity contribution in [3.05, 3.63) is 46.1 Å². The van der Waals surface area contributed by atoms with Crippen LogP contribution in [-0.2, 0) is 4.74 Å². The molecule has 2 aromatic heterocycles. The highest BCUT2D eigenvalue weighted by atomic mass is 32.1. The maximum Gasteiger partial charge on any atom is 0.235 e. The van der Waals surface area contributed by atoms with Gasteiger partial charge in [0.05, 0.1) is 0 Å². The lowest BCUT2D eigenvalue weighted by molar-refractivity contribution is -0.939. The lowest BCUT2D eigenvalue weighted by atomic mass is 9.97. The first-order valence-corrected chi connectivity index (χ1v) is 10.8. The van der Waals surface area contributed by atoms with Gasteiger partial charge in [0.2, 0.25) is 10.8 Å². The van der Waals surface area contributed by atoms with Gasteiger partial charge in [0.25, 0.3) is 0 Å². The minimum absolute atomic E-state index is 0.0313. The number of aromatic nitrogens is 3. The van der Waals surface area contributed by atoms with Gasteiger partial charge in [-0.25, -0.2) is 4.98 Å². The van der Waals surface area contributed by atoms with Crippen molar-refractivity contribution in [3.63, 3.8) is 0 Å². The number of thiazole rings is 1. The van der Waals surface area contributed by atoms with Crippen molar-refractivity contribution in [2.45, 2.75) is 58.8 Å². The molecule has 1 aliphatic rings. The molecule has 1 aliphatic heterocycles. The van der Waals surface area contributed by atoms with Crippen LogP contribution in [0.3, 0.4) is 0 Å². The molecule has 0 radical (unpaired) electrons. The van der Waals surface area contributed by atoms with Crippen molar-refractivity contribution in [1.82, 2.24) is 14.6 Å². The Bertz CT molecular complexity index is 953. The Morgan fingerprint density at radius 2 is 1.75 bits per heavy atom. The number of nitrogens with zero attached hydrogens (tertiary/aromatic N) is 3. The van der Waals surface area contributed by atoms with Gasteiger partial charge in [-0.3, -0.25) is 0 Å². The lowest BCUT2D eigenvalue weighted by Crippen LogP contribution is -3.15. The van der Waals surface area contributed by atoms with E-state index in [1.54, 1.807) is 4.52 Å². The normalized spacial score (nSPS) is 24.1. The van der Waals surface area contributed by atoms with Crippen molar-refractivity contribution < 1.29 is 14.7 Å². The van der Waals surface area contributed by atoms with Gasteiger partial charge in [-0.15, -0.1) is 5.10 Å². The number of hydrogen-bond donors (Lipinski definition) is 2. The highest BCUT2D eigenvalue weighted by Gasteiger charge is 2.37. The van der Waals surface area contributed by atoms with Crippen molar-refractivity contribution in [3.8, 4) is 5.88 Å². The Morgan fingerprint density at radius 1 is 1.14 bits per heavy atom. The molecule has 4 rings (SSSR count). The first-order chi connectivity index (χ1) is 13.3.